The molecule has 11 heteroatoms. The summed E-state index contributed by atoms with van der Waals surface area (Å²) in [5, 5.41) is 49.8. The number of ether oxygens (including phenoxy) is 2. The number of amides is 1. The van der Waals surface area contributed by atoms with Crippen LogP contribution in [0.2, 0.25) is 0 Å². The number of nitrogens with two attached hydrogens (primary N) is 1. The van der Waals surface area contributed by atoms with E-state index in [1.165, 1.54) is 24.3 Å². The smallest absolute Gasteiger partial charge is 0.303 e. The summed E-state index contributed by atoms with van der Waals surface area (Å²) in [4.78, 5) is 22.4. The second-order valence-electron chi connectivity index (χ2n) is 6.37. The molecule has 0 unspecified atom stereocenters. The zero-order valence-electron chi connectivity index (χ0n) is 14.8. The standard InChI is InChI=1S/C17H24N2O9/c18-10(5-6-12(21)22)16(26)19-8-1-3-9(4-2-8)27-17-15(25)14(24)13(23)11(7-20)28-17/h1-4,10-11,13-15,17,20,23-25H,5-7,18H2,(H,19,26)(H,21,22)/t10-,11+,13+,14-,15+,17-/m0/s1. The van der Waals surface area contributed by atoms with Crippen LogP contribution >= 0.6 is 0 Å². The average molecular weight is 400 g/mol. The molecule has 0 bridgehead atoms. The minimum absolute atomic E-state index is 0.000526. The monoisotopic (exact) mass is 400 g/mol. The van der Waals surface area contributed by atoms with Crippen LogP contribution in [-0.4, -0.2) is 80.8 Å². The number of carboxylic acids is 1. The second kappa shape index (κ2) is 9.78. The molecular formula is C17H24N2O9. The van der Waals surface area contributed by atoms with E-state index in [1.54, 1.807) is 0 Å². The highest BCUT2D eigenvalue weighted by Crippen LogP contribution is 2.25. The van der Waals surface area contributed by atoms with Crippen molar-refractivity contribution in [3.63, 3.8) is 0 Å². The van der Waals surface area contributed by atoms with Gasteiger partial charge in [-0.05, 0) is 30.7 Å². The molecule has 1 amide bonds. The van der Waals surface area contributed by atoms with E-state index < -0.39 is 55.2 Å². The summed E-state index contributed by atoms with van der Waals surface area (Å²) < 4.78 is 10.7. The number of carbonyl (C=O) groups excluding carboxylic acids is 1. The van der Waals surface area contributed by atoms with Crippen LogP contribution in [0.5, 0.6) is 5.75 Å². The van der Waals surface area contributed by atoms with Gasteiger partial charge in [0.1, 0.15) is 30.2 Å². The lowest BCUT2D eigenvalue weighted by Gasteiger charge is -2.39. The Kier molecular flexibility index (Phi) is 7.69. The zero-order valence-corrected chi connectivity index (χ0v) is 14.8. The van der Waals surface area contributed by atoms with Crippen molar-refractivity contribution in [3.05, 3.63) is 24.3 Å². The molecule has 0 saturated carbocycles. The van der Waals surface area contributed by atoms with Crippen molar-refractivity contribution in [2.45, 2.75) is 49.6 Å². The van der Waals surface area contributed by atoms with E-state index in [0.29, 0.717) is 5.69 Å². The van der Waals surface area contributed by atoms with Crippen molar-refractivity contribution in [2.24, 2.45) is 5.73 Å². The van der Waals surface area contributed by atoms with E-state index in [0.717, 1.165) is 0 Å². The Labute approximate surface area is 160 Å². The zero-order chi connectivity index (χ0) is 20.8. The molecule has 1 fully saturated rings. The number of anilines is 1. The lowest BCUT2D eigenvalue weighted by Crippen LogP contribution is -2.60. The van der Waals surface area contributed by atoms with Crippen molar-refractivity contribution >= 4 is 17.6 Å². The number of aliphatic hydroxyl groups excluding tert-OH is 4. The van der Waals surface area contributed by atoms with Gasteiger partial charge in [-0.3, -0.25) is 9.59 Å². The molecule has 8 N–H and O–H groups in total. The SMILES string of the molecule is N[C@@H](CCC(=O)O)C(=O)Nc1ccc(O[C@H]2O[C@H](CO)[C@@H](O)[C@H](O)[C@H]2O)cc1. The van der Waals surface area contributed by atoms with E-state index in [2.05, 4.69) is 5.32 Å². The second-order valence-corrected chi connectivity index (χ2v) is 6.37. The predicted octanol–water partition coefficient (Wildman–Crippen LogP) is -2.00. The maximum absolute atomic E-state index is 11.9. The van der Waals surface area contributed by atoms with E-state index >= 15 is 0 Å². The van der Waals surface area contributed by atoms with Crippen molar-refractivity contribution in [2.75, 3.05) is 11.9 Å². The molecule has 1 saturated heterocycles. The minimum atomic E-state index is -1.55. The van der Waals surface area contributed by atoms with Crippen LogP contribution in [0.3, 0.4) is 0 Å². The van der Waals surface area contributed by atoms with Crippen LogP contribution in [-0.2, 0) is 14.3 Å². The fraction of sp³-hybridized carbons (Fsp3) is 0.529. The van der Waals surface area contributed by atoms with Crippen LogP contribution in [0.25, 0.3) is 0 Å². The van der Waals surface area contributed by atoms with Gasteiger partial charge in [0.25, 0.3) is 0 Å². The lowest BCUT2D eigenvalue weighted by atomic mass is 9.99. The summed E-state index contributed by atoms with van der Waals surface area (Å²) in [6, 6.07) is 4.92. The molecule has 1 heterocycles. The molecule has 1 aromatic rings. The van der Waals surface area contributed by atoms with Gasteiger partial charge in [-0.1, -0.05) is 0 Å². The van der Waals surface area contributed by atoms with E-state index in [4.69, 9.17) is 25.4 Å². The Morgan fingerprint density at radius 1 is 1.14 bits per heavy atom. The molecule has 2 rings (SSSR count). The number of hydrogen-bond acceptors (Lipinski definition) is 9. The average Bonchev–Trinajstić information content (AvgIpc) is 2.67. The van der Waals surface area contributed by atoms with Gasteiger partial charge in [-0.2, -0.15) is 0 Å². The van der Waals surface area contributed by atoms with Gasteiger partial charge in [-0.25, -0.2) is 0 Å². The number of benzene rings is 1. The Hall–Kier alpha value is -2.28. The number of aliphatic hydroxyl groups is 4. The molecule has 11 nitrogen and oxygen atoms in total. The van der Waals surface area contributed by atoms with Gasteiger partial charge >= 0.3 is 5.97 Å². The minimum Gasteiger partial charge on any atom is -0.481 e. The predicted molar refractivity (Wildman–Crippen MR) is 94.3 cm³/mol. The van der Waals surface area contributed by atoms with Gasteiger partial charge < -0.3 is 46.1 Å². The topological polar surface area (TPSA) is 192 Å². The number of nitrogens with one attached hydrogen (secondary N) is 1. The third-order valence-corrected chi connectivity index (χ3v) is 4.23. The van der Waals surface area contributed by atoms with Gasteiger partial charge in [0.2, 0.25) is 12.2 Å². The molecule has 156 valence electrons. The summed E-state index contributed by atoms with van der Waals surface area (Å²) >= 11 is 0. The number of aliphatic carboxylic acids is 1. The summed E-state index contributed by atoms with van der Waals surface area (Å²) in [5.74, 6) is -1.35. The molecular weight excluding hydrogens is 376 g/mol. The van der Waals surface area contributed by atoms with Crippen LogP contribution in [0.1, 0.15) is 12.8 Å². The number of rotatable bonds is 8. The van der Waals surface area contributed by atoms with E-state index in [1.807, 2.05) is 0 Å². The van der Waals surface area contributed by atoms with Gasteiger partial charge in [0, 0.05) is 12.1 Å². The van der Waals surface area contributed by atoms with Crippen LogP contribution in [0, 0.1) is 0 Å². The first-order chi connectivity index (χ1) is 13.2. The summed E-state index contributed by atoms with van der Waals surface area (Å²) in [7, 11) is 0. The molecule has 28 heavy (non-hydrogen) atoms. The molecule has 0 aliphatic carbocycles. The third kappa shape index (κ3) is 5.61. The third-order valence-electron chi connectivity index (χ3n) is 4.23. The van der Waals surface area contributed by atoms with Crippen molar-refractivity contribution < 1.29 is 44.6 Å². The number of carboxylic acid groups (broad SMARTS) is 1. The summed E-state index contributed by atoms with van der Waals surface area (Å²) in [6.07, 6.45) is -7.21. The molecule has 0 spiro atoms. The first-order valence-corrected chi connectivity index (χ1v) is 8.58. The van der Waals surface area contributed by atoms with Crippen LogP contribution in [0.4, 0.5) is 5.69 Å². The van der Waals surface area contributed by atoms with E-state index in [9.17, 15) is 24.9 Å². The normalized spacial score (nSPS) is 28.4. The Morgan fingerprint density at radius 2 is 1.79 bits per heavy atom. The van der Waals surface area contributed by atoms with Crippen LogP contribution < -0.4 is 15.8 Å². The van der Waals surface area contributed by atoms with Crippen molar-refractivity contribution in [1.82, 2.24) is 0 Å². The molecule has 1 aromatic carbocycles. The molecule has 1 aliphatic heterocycles. The fourth-order valence-electron chi connectivity index (χ4n) is 2.56. The Morgan fingerprint density at radius 3 is 2.36 bits per heavy atom. The van der Waals surface area contributed by atoms with Gasteiger partial charge in [-0.15, -0.1) is 0 Å². The molecule has 6 atom stereocenters. The summed E-state index contributed by atoms with van der Waals surface area (Å²) in [5.41, 5.74) is 6.01. The maximum atomic E-state index is 11.9. The molecule has 0 radical (unpaired) electrons. The first kappa shape index (κ1) is 22.0. The quantitative estimate of drug-likeness (QED) is 0.257. The Balaban J connectivity index is 1.93. The highest BCUT2D eigenvalue weighted by atomic mass is 16.7. The first-order valence-electron chi connectivity index (χ1n) is 8.58. The highest BCUT2D eigenvalue weighted by Gasteiger charge is 2.44. The van der Waals surface area contributed by atoms with E-state index in [-0.39, 0.29) is 18.6 Å². The number of hydrogen-bond donors (Lipinski definition) is 7. The van der Waals surface area contributed by atoms with Gasteiger partial charge in [0.05, 0.1) is 12.6 Å². The lowest BCUT2D eigenvalue weighted by molar-refractivity contribution is -0.277. The fourth-order valence-corrected chi connectivity index (χ4v) is 2.56. The number of carbonyl (C=O) groups is 2. The largest absolute Gasteiger partial charge is 0.481 e. The maximum Gasteiger partial charge on any atom is 0.303 e. The van der Waals surface area contributed by atoms with Crippen molar-refractivity contribution in [3.8, 4) is 5.75 Å². The molecule has 0 aromatic heterocycles. The van der Waals surface area contributed by atoms with Gasteiger partial charge in [0.15, 0.2) is 0 Å². The Bertz CT molecular complexity index is 667. The molecule has 1 aliphatic rings. The van der Waals surface area contributed by atoms with Crippen molar-refractivity contribution in [1.29, 1.82) is 0 Å². The highest BCUT2D eigenvalue weighted by molar-refractivity contribution is 5.94. The van der Waals surface area contributed by atoms with Crippen LogP contribution in [0.15, 0.2) is 24.3 Å². The summed E-state index contributed by atoms with van der Waals surface area (Å²) in [6.45, 7) is -0.572.